The van der Waals surface area contributed by atoms with Crippen LogP contribution in [0, 0.1) is 11.7 Å². The third-order valence-electron chi connectivity index (χ3n) is 2.95. The summed E-state index contributed by atoms with van der Waals surface area (Å²) in [5.74, 6) is 0.147. The molecule has 3 heteroatoms. The van der Waals surface area contributed by atoms with Gasteiger partial charge in [0.25, 0.3) is 0 Å². The number of anilines is 1. The average Bonchev–Trinajstić information content (AvgIpc) is 2.17. The second-order valence-electron chi connectivity index (χ2n) is 4.41. The van der Waals surface area contributed by atoms with E-state index in [-0.39, 0.29) is 11.4 Å². The molecule has 0 amide bonds. The molecule has 1 aromatic rings. The van der Waals surface area contributed by atoms with Crippen LogP contribution in [0.4, 0.5) is 10.1 Å². The Morgan fingerprint density at radius 3 is 2.60 bits per heavy atom. The number of nitrogens with one attached hydrogen (secondary N) is 1. The maximum absolute atomic E-state index is 13.0. The van der Waals surface area contributed by atoms with Crippen LogP contribution in [0.25, 0.3) is 0 Å². The Kier molecular flexibility index (Phi) is 3.69. The summed E-state index contributed by atoms with van der Waals surface area (Å²) >= 11 is 0. The van der Waals surface area contributed by atoms with Gasteiger partial charge in [-0.3, -0.25) is 0 Å². The highest BCUT2D eigenvalue weighted by Crippen LogP contribution is 2.22. The lowest BCUT2D eigenvalue weighted by Gasteiger charge is -2.34. The molecule has 84 valence electrons. The van der Waals surface area contributed by atoms with E-state index in [1.54, 1.807) is 6.07 Å². The van der Waals surface area contributed by atoms with Crippen molar-refractivity contribution in [3.05, 3.63) is 30.1 Å². The number of benzene rings is 1. The quantitative estimate of drug-likeness (QED) is 0.801. The van der Waals surface area contributed by atoms with Gasteiger partial charge in [-0.05, 0) is 31.0 Å². The van der Waals surface area contributed by atoms with Crippen molar-refractivity contribution in [2.75, 3.05) is 11.9 Å². The molecule has 0 aliphatic heterocycles. The van der Waals surface area contributed by atoms with Crippen LogP contribution >= 0.6 is 0 Å². The second kappa shape index (κ2) is 4.62. The van der Waals surface area contributed by atoms with Crippen LogP contribution in [-0.4, -0.2) is 12.1 Å². The fourth-order valence-corrected chi connectivity index (χ4v) is 1.33. The van der Waals surface area contributed by atoms with Crippen molar-refractivity contribution in [3.8, 4) is 0 Å². The van der Waals surface area contributed by atoms with E-state index in [4.69, 9.17) is 5.73 Å². The molecule has 0 saturated heterocycles. The van der Waals surface area contributed by atoms with E-state index in [2.05, 4.69) is 19.2 Å². The lowest BCUT2D eigenvalue weighted by Crippen LogP contribution is -2.47. The van der Waals surface area contributed by atoms with Crippen LogP contribution in [0.15, 0.2) is 24.3 Å². The van der Waals surface area contributed by atoms with Gasteiger partial charge in [0.2, 0.25) is 0 Å². The largest absolute Gasteiger partial charge is 0.378 e. The Morgan fingerprint density at radius 1 is 1.47 bits per heavy atom. The van der Waals surface area contributed by atoms with Crippen molar-refractivity contribution in [2.24, 2.45) is 11.7 Å². The molecule has 3 N–H and O–H groups in total. The van der Waals surface area contributed by atoms with Gasteiger partial charge in [-0.25, -0.2) is 4.39 Å². The van der Waals surface area contributed by atoms with E-state index in [1.165, 1.54) is 12.1 Å². The highest BCUT2D eigenvalue weighted by molar-refractivity contribution is 5.45. The van der Waals surface area contributed by atoms with Gasteiger partial charge >= 0.3 is 0 Å². The molecule has 0 aromatic heterocycles. The van der Waals surface area contributed by atoms with Gasteiger partial charge in [-0.15, -0.1) is 0 Å². The first-order chi connectivity index (χ1) is 6.98. The van der Waals surface area contributed by atoms with Gasteiger partial charge in [-0.1, -0.05) is 19.9 Å². The van der Waals surface area contributed by atoms with Crippen molar-refractivity contribution in [2.45, 2.75) is 26.3 Å². The molecular weight excluding hydrogens is 191 g/mol. The molecule has 0 heterocycles. The zero-order chi connectivity index (χ0) is 11.5. The van der Waals surface area contributed by atoms with Crippen LogP contribution in [0.5, 0.6) is 0 Å². The third kappa shape index (κ3) is 2.93. The van der Waals surface area contributed by atoms with Crippen LogP contribution < -0.4 is 11.1 Å². The van der Waals surface area contributed by atoms with Gasteiger partial charge in [-0.2, -0.15) is 0 Å². The van der Waals surface area contributed by atoms with Gasteiger partial charge < -0.3 is 11.1 Å². The van der Waals surface area contributed by atoms with Crippen LogP contribution in [0.1, 0.15) is 20.8 Å². The van der Waals surface area contributed by atoms with Gasteiger partial charge in [0, 0.05) is 17.8 Å². The number of hydrogen-bond donors (Lipinski definition) is 2. The minimum atomic E-state index is -0.233. The lowest BCUT2D eigenvalue weighted by molar-refractivity contribution is 0.382. The summed E-state index contributed by atoms with van der Waals surface area (Å²) in [7, 11) is 0. The van der Waals surface area contributed by atoms with Crippen molar-refractivity contribution >= 4 is 5.69 Å². The Balaban J connectivity index is 2.84. The highest BCUT2D eigenvalue weighted by Gasteiger charge is 2.26. The summed E-state index contributed by atoms with van der Waals surface area (Å²) in [6, 6.07) is 6.45. The van der Waals surface area contributed by atoms with E-state index in [0.29, 0.717) is 12.5 Å². The summed E-state index contributed by atoms with van der Waals surface area (Å²) in [5, 5.41) is 3.28. The normalized spacial score (nSPS) is 15.1. The summed E-state index contributed by atoms with van der Waals surface area (Å²) in [6.45, 7) is 6.75. The van der Waals surface area contributed by atoms with Crippen molar-refractivity contribution in [1.82, 2.24) is 0 Å². The van der Waals surface area contributed by atoms with Crippen molar-refractivity contribution in [1.29, 1.82) is 0 Å². The maximum Gasteiger partial charge on any atom is 0.125 e. The second-order valence-corrected chi connectivity index (χ2v) is 4.41. The molecule has 2 nitrogen and oxygen atoms in total. The zero-order valence-corrected chi connectivity index (χ0v) is 9.55. The molecule has 0 spiro atoms. The molecule has 0 aliphatic rings. The number of halogens is 1. The third-order valence-corrected chi connectivity index (χ3v) is 2.95. The van der Waals surface area contributed by atoms with E-state index in [0.717, 1.165) is 5.69 Å². The Bertz CT molecular complexity index is 325. The molecule has 0 aliphatic carbocycles. The first kappa shape index (κ1) is 12.0. The first-order valence-electron chi connectivity index (χ1n) is 5.22. The monoisotopic (exact) mass is 210 g/mol. The van der Waals surface area contributed by atoms with E-state index >= 15 is 0 Å². The molecule has 0 bridgehead atoms. The van der Waals surface area contributed by atoms with Crippen molar-refractivity contribution in [3.63, 3.8) is 0 Å². The topological polar surface area (TPSA) is 38.0 Å². The molecule has 0 radical (unpaired) electrons. The molecule has 0 fully saturated rings. The fourth-order valence-electron chi connectivity index (χ4n) is 1.33. The maximum atomic E-state index is 13.0. The van der Waals surface area contributed by atoms with E-state index in [1.807, 2.05) is 13.0 Å². The highest BCUT2D eigenvalue weighted by atomic mass is 19.1. The van der Waals surface area contributed by atoms with Crippen LogP contribution in [0.3, 0.4) is 0 Å². The minimum absolute atomic E-state index is 0.201. The molecule has 0 saturated carbocycles. The Morgan fingerprint density at radius 2 is 2.13 bits per heavy atom. The van der Waals surface area contributed by atoms with E-state index in [9.17, 15) is 4.39 Å². The van der Waals surface area contributed by atoms with Gasteiger partial charge in [0.1, 0.15) is 5.82 Å². The Hall–Kier alpha value is -1.09. The molecular formula is C12H19FN2. The summed E-state index contributed by atoms with van der Waals surface area (Å²) in [4.78, 5) is 0. The van der Waals surface area contributed by atoms with Crippen molar-refractivity contribution < 1.29 is 4.39 Å². The molecule has 1 rings (SSSR count). The average molecular weight is 210 g/mol. The standard InChI is InChI=1S/C12H19FN2/c1-9(2)12(3,8-14)15-11-6-4-5-10(13)7-11/h4-7,9,15H,8,14H2,1-3H3. The van der Waals surface area contributed by atoms with Gasteiger partial charge in [0.05, 0.1) is 0 Å². The molecule has 15 heavy (non-hydrogen) atoms. The molecule has 1 unspecified atom stereocenters. The number of nitrogens with two attached hydrogens (primary N) is 1. The molecule has 1 atom stereocenters. The predicted molar refractivity (Wildman–Crippen MR) is 62.3 cm³/mol. The van der Waals surface area contributed by atoms with Crippen LogP contribution in [0.2, 0.25) is 0 Å². The SMILES string of the molecule is CC(C)C(C)(CN)Nc1cccc(F)c1. The van der Waals surface area contributed by atoms with E-state index < -0.39 is 0 Å². The zero-order valence-electron chi connectivity index (χ0n) is 9.55. The first-order valence-corrected chi connectivity index (χ1v) is 5.22. The Labute approximate surface area is 90.7 Å². The summed E-state index contributed by atoms with van der Waals surface area (Å²) in [6.07, 6.45) is 0. The lowest BCUT2D eigenvalue weighted by atomic mass is 9.88. The fraction of sp³-hybridized carbons (Fsp3) is 0.500. The molecule has 1 aromatic carbocycles. The number of rotatable bonds is 4. The summed E-state index contributed by atoms with van der Waals surface area (Å²) in [5.41, 5.74) is 6.31. The minimum Gasteiger partial charge on any atom is -0.378 e. The smallest absolute Gasteiger partial charge is 0.125 e. The number of hydrogen-bond acceptors (Lipinski definition) is 2. The van der Waals surface area contributed by atoms with Gasteiger partial charge in [0.15, 0.2) is 0 Å². The van der Waals surface area contributed by atoms with Crippen LogP contribution in [-0.2, 0) is 0 Å². The summed E-state index contributed by atoms with van der Waals surface area (Å²) < 4.78 is 13.0. The predicted octanol–water partition coefficient (Wildman–Crippen LogP) is 2.61.